The van der Waals surface area contributed by atoms with Crippen LogP contribution in [0.2, 0.25) is 0 Å². The van der Waals surface area contributed by atoms with Crippen molar-refractivity contribution in [2.45, 2.75) is 19.0 Å². The molecule has 0 aliphatic rings. The minimum Gasteiger partial charge on any atom is -0.323 e. The normalized spacial score (nSPS) is 12.5. The minimum absolute atomic E-state index is 0.165. The van der Waals surface area contributed by atoms with E-state index in [9.17, 15) is 26.7 Å². The fourth-order valence-electron chi connectivity index (χ4n) is 1.51. The number of alkyl halides is 5. The maximum Gasteiger partial charge on any atom is 0.463 e. The van der Waals surface area contributed by atoms with Gasteiger partial charge in [-0.3, -0.25) is 15.6 Å². The number of imidazole rings is 1. The molecule has 1 amide bonds. The summed E-state index contributed by atoms with van der Waals surface area (Å²) in [5.41, 5.74) is 5.04. The smallest absolute Gasteiger partial charge is 0.323 e. The van der Waals surface area contributed by atoms with Crippen molar-refractivity contribution in [3.63, 3.8) is 0 Å². The molecule has 0 bridgehead atoms. The quantitative estimate of drug-likeness (QED) is 0.603. The van der Waals surface area contributed by atoms with Crippen LogP contribution in [-0.2, 0) is 4.79 Å². The zero-order valence-electron chi connectivity index (χ0n) is 10.5. The van der Waals surface area contributed by atoms with E-state index in [-0.39, 0.29) is 5.95 Å². The van der Waals surface area contributed by atoms with Gasteiger partial charge in [-0.15, -0.1) is 0 Å². The molecule has 0 radical (unpaired) electrons. The monoisotopic (exact) mass is 308 g/mol. The molecule has 3 N–H and O–H groups in total. The van der Waals surface area contributed by atoms with Crippen LogP contribution in [0.25, 0.3) is 11.0 Å². The lowest BCUT2D eigenvalue weighted by molar-refractivity contribution is -0.269. The Balaban J connectivity index is 2.10. The summed E-state index contributed by atoms with van der Waals surface area (Å²) >= 11 is 0. The number of aromatic amines is 1. The summed E-state index contributed by atoms with van der Waals surface area (Å²) in [6.45, 7) is 1.80. The SMILES string of the molecule is Cc1ccc2nc(NNC(=O)C(F)(F)C(F)(F)F)[nH]c2c1. The Morgan fingerprint density at radius 3 is 2.52 bits per heavy atom. The molecule has 10 heteroatoms. The summed E-state index contributed by atoms with van der Waals surface area (Å²) in [4.78, 5) is 17.4. The summed E-state index contributed by atoms with van der Waals surface area (Å²) in [6, 6.07) is 5.06. The van der Waals surface area contributed by atoms with E-state index in [1.165, 1.54) is 5.43 Å². The predicted molar refractivity (Wildman–Crippen MR) is 63.6 cm³/mol. The van der Waals surface area contributed by atoms with Gasteiger partial charge in [0.05, 0.1) is 11.0 Å². The molecule has 0 spiro atoms. The molecule has 0 saturated carbocycles. The van der Waals surface area contributed by atoms with Gasteiger partial charge in [0, 0.05) is 0 Å². The van der Waals surface area contributed by atoms with Crippen LogP contribution in [0.3, 0.4) is 0 Å². The number of aromatic nitrogens is 2. The molecule has 1 heterocycles. The van der Waals surface area contributed by atoms with E-state index in [0.717, 1.165) is 5.56 Å². The van der Waals surface area contributed by atoms with Crippen molar-refractivity contribution in [1.29, 1.82) is 0 Å². The first-order chi connectivity index (χ1) is 9.61. The molecule has 0 fully saturated rings. The number of hydrogen-bond donors (Lipinski definition) is 3. The molecule has 1 aromatic carbocycles. The van der Waals surface area contributed by atoms with Crippen LogP contribution < -0.4 is 10.9 Å². The molecular formula is C11H9F5N4O. The largest absolute Gasteiger partial charge is 0.463 e. The van der Waals surface area contributed by atoms with Crippen LogP contribution in [0.15, 0.2) is 18.2 Å². The molecule has 5 nitrogen and oxygen atoms in total. The Bertz CT molecular complexity index is 679. The van der Waals surface area contributed by atoms with Gasteiger partial charge in [-0.25, -0.2) is 4.98 Å². The number of rotatable bonds is 3. The van der Waals surface area contributed by atoms with Gasteiger partial charge in [-0.05, 0) is 24.6 Å². The first kappa shape index (κ1) is 15.0. The number of fused-ring (bicyclic) bond motifs is 1. The van der Waals surface area contributed by atoms with Gasteiger partial charge in [-0.1, -0.05) is 6.07 Å². The van der Waals surface area contributed by atoms with Crippen LogP contribution in [-0.4, -0.2) is 28.0 Å². The molecule has 2 rings (SSSR count). The van der Waals surface area contributed by atoms with Crippen molar-refractivity contribution in [2.75, 3.05) is 5.43 Å². The summed E-state index contributed by atoms with van der Waals surface area (Å²) in [5, 5.41) is 0. The van der Waals surface area contributed by atoms with Crippen molar-refractivity contribution in [3.05, 3.63) is 23.8 Å². The van der Waals surface area contributed by atoms with E-state index in [0.29, 0.717) is 11.0 Å². The molecule has 2 aromatic rings. The topological polar surface area (TPSA) is 69.8 Å². The van der Waals surface area contributed by atoms with E-state index in [4.69, 9.17) is 0 Å². The average molecular weight is 308 g/mol. The number of carbonyl (C=O) groups excluding carboxylic acids is 1. The molecule has 21 heavy (non-hydrogen) atoms. The Morgan fingerprint density at radius 2 is 1.90 bits per heavy atom. The third kappa shape index (κ3) is 2.88. The van der Waals surface area contributed by atoms with E-state index >= 15 is 0 Å². The van der Waals surface area contributed by atoms with Crippen LogP contribution in [0, 0.1) is 6.92 Å². The third-order valence-electron chi connectivity index (χ3n) is 2.57. The summed E-state index contributed by atoms with van der Waals surface area (Å²) in [5.74, 6) is -8.18. The van der Waals surface area contributed by atoms with Crippen LogP contribution in [0.5, 0.6) is 0 Å². The van der Waals surface area contributed by atoms with Gasteiger partial charge >= 0.3 is 18.0 Å². The number of aryl methyl sites for hydroxylation is 1. The number of H-pyrrole nitrogens is 1. The predicted octanol–water partition coefficient (Wildman–Crippen LogP) is 2.51. The van der Waals surface area contributed by atoms with E-state index in [2.05, 4.69) is 9.97 Å². The van der Waals surface area contributed by atoms with Gasteiger partial charge < -0.3 is 4.98 Å². The Morgan fingerprint density at radius 1 is 1.24 bits per heavy atom. The molecule has 1 aromatic heterocycles. The second-order valence-electron chi connectivity index (χ2n) is 4.26. The summed E-state index contributed by atoms with van der Waals surface area (Å²) in [7, 11) is 0. The third-order valence-corrected chi connectivity index (χ3v) is 2.57. The standard InChI is InChI=1S/C11H9F5N4O/c1-5-2-3-6-7(4-5)18-9(17-6)20-19-8(21)10(12,13)11(14,15)16/h2-4H,1H3,(H,19,21)(H2,17,18,20). The number of carbonyl (C=O) groups is 1. The van der Waals surface area contributed by atoms with Crippen molar-refractivity contribution >= 4 is 22.9 Å². The highest BCUT2D eigenvalue weighted by molar-refractivity contribution is 5.85. The molecule has 0 aliphatic carbocycles. The van der Waals surface area contributed by atoms with Crippen LogP contribution >= 0.6 is 0 Å². The van der Waals surface area contributed by atoms with E-state index < -0.39 is 18.0 Å². The Kier molecular flexibility index (Phi) is 3.47. The van der Waals surface area contributed by atoms with Crippen molar-refractivity contribution < 1.29 is 26.7 Å². The number of hydrazine groups is 1. The number of amides is 1. The first-order valence-corrected chi connectivity index (χ1v) is 5.58. The van der Waals surface area contributed by atoms with Crippen molar-refractivity contribution in [2.24, 2.45) is 0 Å². The number of nitrogens with zero attached hydrogens (tertiary/aromatic N) is 1. The lowest BCUT2D eigenvalue weighted by Gasteiger charge is -2.18. The van der Waals surface area contributed by atoms with Crippen LogP contribution in [0.4, 0.5) is 27.9 Å². The van der Waals surface area contributed by atoms with Crippen molar-refractivity contribution in [1.82, 2.24) is 15.4 Å². The molecule has 114 valence electrons. The van der Waals surface area contributed by atoms with Gasteiger partial charge in [0.15, 0.2) is 0 Å². The lowest BCUT2D eigenvalue weighted by Crippen LogP contribution is -2.51. The van der Waals surface area contributed by atoms with Gasteiger partial charge in [0.25, 0.3) is 0 Å². The number of nitrogens with one attached hydrogen (secondary N) is 3. The first-order valence-electron chi connectivity index (χ1n) is 5.58. The second kappa shape index (κ2) is 4.86. The molecule has 0 unspecified atom stereocenters. The van der Waals surface area contributed by atoms with Gasteiger partial charge in [0.2, 0.25) is 5.95 Å². The Labute approximate surface area is 114 Å². The molecule has 0 atom stereocenters. The second-order valence-corrected chi connectivity index (χ2v) is 4.26. The number of benzene rings is 1. The summed E-state index contributed by atoms with van der Waals surface area (Å²) in [6.07, 6.45) is -5.97. The fourth-order valence-corrected chi connectivity index (χ4v) is 1.51. The van der Waals surface area contributed by atoms with Crippen LogP contribution in [0.1, 0.15) is 5.56 Å². The molecule has 0 saturated heterocycles. The highest BCUT2D eigenvalue weighted by Gasteiger charge is 2.63. The van der Waals surface area contributed by atoms with Gasteiger partial charge in [-0.2, -0.15) is 22.0 Å². The fraction of sp³-hybridized carbons (Fsp3) is 0.273. The maximum atomic E-state index is 12.7. The lowest BCUT2D eigenvalue weighted by atomic mass is 10.2. The highest BCUT2D eigenvalue weighted by atomic mass is 19.4. The highest BCUT2D eigenvalue weighted by Crippen LogP contribution is 2.35. The Hall–Kier alpha value is -2.39. The summed E-state index contributed by atoms with van der Waals surface area (Å²) < 4.78 is 61.2. The molecule has 0 aliphatic heterocycles. The van der Waals surface area contributed by atoms with Crippen molar-refractivity contribution in [3.8, 4) is 0 Å². The average Bonchev–Trinajstić information content (AvgIpc) is 2.76. The number of hydrogen-bond acceptors (Lipinski definition) is 3. The number of halogens is 5. The van der Waals surface area contributed by atoms with E-state index in [1.807, 2.05) is 5.43 Å². The number of anilines is 1. The van der Waals surface area contributed by atoms with Gasteiger partial charge in [0.1, 0.15) is 0 Å². The molecular weight excluding hydrogens is 299 g/mol. The van der Waals surface area contributed by atoms with E-state index in [1.54, 1.807) is 25.1 Å². The minimum atomic E-state index is -5.97. The zero-order chi connectivity index (χ0) is 15.8. The zero-order valence-corrected chi connectivity index (χ0v) is 10.5. The maximum absolute atomic E-state index is 12.7.